The summed E-state index contributed by atoms with van der Waals surface area (Å²) in [5.74, 6) is 0. The summed E-state index contributed by atoms with van der Waals surface area (Å²) in [6.07, 6.45) is 6.77. The minimum Gasteiger partial charge on any atom is -0.391 e. The van der Waals surface area contributed by atoms with Crippen molar-refractivity contribution < 1.29 is 5.11 Å². The maximum atomic E-state index is 9.91. The highest BCUT2D eigenvalue weighted by Gasteiger charge is 2.30. The zero-order chi connectivity index (χ0) is 9.97. The lowest BCUT2D eigenvalue weighted by Crippen LogP contribution is -2.50. The van der Waals surface area contributed by atoms with Crippen LogP contribution in [0.15, 0.2) is 0 Å². The normalized spacial score (nSPS) is 37.3. The van der Waals surface area contributed by atoms with Gasteiger partial charge in [-0.25, -0.2) is 0 Å². The highest BCUT2D eigenvalue weighted by atomic mass is 16.3. The topological polar surface area (TPSA) is 49.5 Å². The summed E-state index contributed by atoms with van der Waals surface area (Å²) in [6.45, 7) is 2.17. The fourth-order valence-electron chi connectivity index (χ4n) is 2.77. The highest BCUT2D eigenvalue weighted by molar-refractivity contribution is 4.86. The Morgan fingerprint density at radius 3 is 2.29 bits per heavy atom. The Balaban J connectivity index is 1.87. The van der Waals surface area contributed by atoms with Gasteiger partial charge < -0.3 is 10.8 Å². The van der Waals surface area contributed by atoms with E-state index in [2.05, 4.69) is 4.90 Å². The van der Waals surface area contributed by atoms with Crippen LogP contribution in [0, 0.1) is 0 Å². The van der Waals surface area contributed by atoms with E-state index in [0.29, 0.717) is 12.1 Å². The van der Waals surface area contributed by atoms with Crippen LogP contribution in [-0.4, -0.2) is 41.3 Å². The molecule has 2 fully saturated rings. The molecule has 2 rings (SSSR count). The van der Waals surface area contributed by atoms with Crippen LogP contribution in [0.5, 0.6) is 0 Å². The first-order valence-electron chi connectivity index (χ1n) is 5.95. The zero-order valence-corrected chi connectivity index (χ0v) is 8.86. The molecule has 0 amide bonds. The summed E-state index contributed by atoms with van der Waals surface area (Å²) in [5.41, 5.74) is 5.87. The smallest absolute Gasteiger partial charge is 0.0695 e. The Hall–Kier alpha value is -0.120. The molecule has 14 heavy (non-hydrogen) atoms. The van der Waals surface area contributed by atoms with Gasteiger partial charge in [-0.05, 0) is 25.7 Å². The van der Waals surface area contributed by atoms with E-state index in [1.54, 1.807) is 0 Å². The first kappa shape index (κ1) is 10.4. The Kier molecular flexibility index (Phi) is 3.42. The van der Waals surface area contributed by atoms with Gasteiger partial charge in [-0.3, -0.25) is 4.90 Å². The minimum atomic E-state index is -0.0851. The molecule has 1 saturated heterocycles. The molecule has 0 aromatic carbocycles. The molecule has 0 bridgehead atoms. The second-order valence-corrected chi connectivity index (χ2v) is 4.79. The standard InChI is InChI=1S/C11H22N2O/c12-9-5-7-13(8-6-9)10-3-1-2-4-11(10)14/h9-11,14H,1-8,12H2/t10-,11+/m0/s1. The Labute approximate surface area is 86.3 Å². The molecule has 3 nitrogen and oxygen atoms in total. The summed E-state index contributed by atoms with van der Waals surface area (Å²) < 4.78 is 0. The molecule has 3 N–H and O–H groups in total. The van der Waals surface area contributed by atoms with Gasteiger partial charge in [-0.2, -0.15) is 0 Å². The van der Waals surface area contributed by atoms with Gasteiger partial charge in [0.05, 0.1) is 6.10 Å². The largest absolute Gasteiger partial charge is 0.391 e. The van der Waals surface area contributed by atoms with E-state index in [0.717, 1.165) is 32.4 Å². The predicted molar refractivity (Wildman–Crippen MR) is 57.0 cm³/mol. The second kappa shape index (κ2) is 4.60. The molecule has 0 unspecified atom stereocenters. The molecular formula is C11H22N2O. The summed E-state index contributed by atoms with van der Waals surface area (Å²) in [6, 6.07) is 0.822. The number of likely N-dealkylation sites (tertiary alicyclic amines) is 1. The quantitative estimate of drug-likeness (QED) is 0.652. The lowest BCUT2D eigenvalue weighted by atomic mass is 9.90. The number of nitrogens with two attached hydrogens (primary N) is 1. The monoisotopic (exact) mass is 198 g/mol. The van der Waals surface area contributed by atoms with Crippen molar-refractivity contribution >= 4 is 0 Å². The van der Waals surface area contributed by atoms with Gasteiger partial charge in [-0.15, -0.1) is 0 Å². The minimum absolute atomic E-state index is 0.0851. The molecular weight excluding hydrogens is 176 g/mol. The van der Waals surface area contributed by atoms with Crippen molar-refractivity contribution in [3.05, 3.63) is 0 Å². The summed E-state index contributed by atoms with van der Waals surface area (Å²) >= 11 is 0. The number of aliphatic hydroxyl groups excluding tert-OH is 1. The molecule has 0 radical (unpaired) electrons. The molecule has 3 heteroatoms. The third-order valence-electron chi connectivity index (χ3n) is 3.74. The van der Waals surface area contributed by atoms with Crippen molar-refractivity contribution in [2.24, 2.45) is 5.73 Å². The number of hydrogen-bond donors (Lipinski definition) is 2. The van der Waals surface area contributed by atoms with Gasteiger partial charge in [0.2, 0.25) is 0 Å². The van der Waals surface area contributed by atoms with Crippen LogP contribution in [-0.2, 0) is 0 Å². The van der Waals surface area contributed by atoms with Crippen molar-refractivity contribution in [3.8, 4) is 0 Å². The summed E-state index contributed by atoms with van der Waals surface area (Å²) in [5, 5.41) is 9.91. The fraction of sp³-hybridized carbons (Fsp3) is 1.00. The lowest BCUT2D eigenvalue weighted by molar-refractivity contribution is 0.00907. The van der Waals surface area contributed by atoms with E-state index in [-0.39, 0.29) is 6.10 Å². The van der Waals surface area contributed by atoms with E-state index in [9.17, 15) is 5.11 Å². The number of hydrogen-bond acceptors (Lipinski definition) is 3. The van der Waals surface area contributed by atoms with Crippen molar-refractivity contribution in [2.45, 2.75) is 56.7 Å². The van der Waals surface area contributed by atoms with Crippen LogP contribution in [0.25, 0.3) is 0 Å². The molecule has 1 aliphatic carbocycles. The van der Waals surface area contributed by atoms with Crippen molar-refractivity contribution in [2.75, 3.05) is 13.1 Å². The molecule has 0 aromatic heterocycles. The van der Waals surface area contributed by atoms with Crippen LogP contribution >= 0.6 is 0 Å². The van der Waals surface area contributed by atoms with E-state index in [1.807, 2.05) is 0 Å². The lowest BCUT2D eigenvalue weighted by Gasteiger charge is -2.40. The molecule has 2 atom stereocenters. The first-order chi connectivity index (χ1) is 6.77. The first-order valence-corrected chi connectivity index (χ1v) is 5.95. The van der Waals surface area contributed by atoms with Crippen LogP contribution in [0.1, 0.15) is 38.5 Å². The number of aliphatic hydroxyl groups is 1. The second-order valence-electron chi connectivity index (χ2n) is 4.79. The predicted octanol–water partition coefficient (Wildman–Crippen LogP) is 0.713. The average molecular weight is 198 g/mol. The number of rotatable bonds is 1. The van der Waals surface area contributed by atoms with Gasteiger partial charge in [0, 0.05) is 25.2 Å². The van der Waals surface area contributed by atoms with Gasteiger partial charge in [0.25, 0.3) is 0 Å². The number of nitrogens with zero attached hydrogens (tertiary/aromatic N) is 1. The highest BCUT2D eigenvalue weighted by Crippen LogP contribution is 2.25. The van der Waals surface area contributed by atoms with E-state index in [1.165, 1.54) is 19.3 Å². The molecule has 1 saturated carbocycles. The van der Waals surface area contributed by atoms with Gasteiger partial charge in [0.1, 0.15) is 0 Å². The average Bonchev–Trinajstić information content (AvgIpc) is 2.20. The maximum Gasteiger partial charge on any atom is 0.0695 e. The van der Waals surface area contributed by atoms with Gasteiger partial charge >= 0.3 is 0 Å². The SMILES string of the molecule is NC1CCN([C@H]2CCCC[C@H]2O)CC1. The summed E-state index contributed by atoms with van der Waals surface area (Å²) in [4.78, 5) is 2.45. The fourth-order valence-corrected chi connectivity index (χ4v) is 2.77. The van der Waals surface area contributed by atoms with Crippen LogP contribution in [0.3, 0.4) is 0 Å². The van der Waals surface area contributed by atoms with Crippen LogP contribution in [0.2, 0.25) is 0 Å². The van der Waals surface area contributed by atoms with E-state index < -0.39 is 0 Å². The van der Waals surface area contributed by atoms with E-state index >= 15 is 0 Å². The Morgan fingerprint density at radius 1 is 1.00 bits per heavy atom. The van der Waals surface area contributed by atoms with Crippen molar-refractivity contribution in [3.63, 3.8) is 0 Å². The molecule has 0 aromatic rings. The molecule has 82 valence electrons. The van der Waals surface area contributed by atoms with Gasteiger partial charge in [0.15, 0.2) is 0 Å². The van der Waals surface area contributed by atoms with Crippen LogP contribution in [0.4, 0.5) is 0 Å². The number of piperidine rings is 1. The molecule has 0 spiro atoms. The zero-order valence-electron chi connectivity index (χ0n) is 8.86. The third-order valence-corrected chi connectivity index (χ3v) is 3.74. The third kappa shape index (κ3) is 2.27. The molecule has 2 aliphatic rings. The molecule has 1 heterocycles. The van der Waals surface area contributed by atoms with Crippen molar-refractivity contribution in [1.82, 2.24) is 4.90 Å². The Morgan fingerprint density at radius 2 is 1.64 bits per heavy atom. The van der Waals surface area contributed by atoms with E-state index in [4.69, 9.17) is 5.73 Å². The van der Waals surface area contributed by atoms with Gasteiger partial charge in [-0.1, -0.05) is 12.8 Å². The summed E-state index contributed by atoms with van der Waals surface area (Å²) in [7, 11) is 0. The van der Waals surface area contributed by atoms with Crippen LogP contribution < -0.4 is 5.73 Å². The maximum absolute atomic E-state index is 9.91. The van der Waals surface area contributed by atoms with Crippen molar-refractivity contribution in [1.29, 1.82) is 0 Å². The Bertz CT molecular complexity index is 178. The molecule has 1 aliphatic heterocycles.